The lowest BCUT2D eigenvalue weighted by molar-refractivity contribution is 0.0169. The Kier molecular flexibility index (Phi) is 5.43. The van der Waals surface area contributed by atoms with Gasteiger partial charge in [0.15, 0.2) is 0 Å². The van der Waals surface area contributed by atoms with Crippen LogP contribution in [0.3, 0.4) is 0 Å². The number of aryl methyl sites for hydroxylation is 1. The minimum absolute atomic E-state index is 0.00193. The van der Waals surface area contributed by atoms with Crippen LogP contribution in [0.4, 0.5) is 0 Å². The number of carbonyl (C=O) groups excluding carboxylic acids is 1. The third-order valence-electron chi connectivity index (χ3n) is 4.20. The normalized spacial score (nSPS) is 16.9. The summed E-state index contributed by atoms with van der Waals surface area (Å²) in [5.41, 5.74) is 1.75. The molecule has 23 heavy (non-hydrogen) atoms. The largest absolute Gasteiger partial charge is 0.379 e. The van der Waals surface area contributed by atoms with E-state index in [9.17, 15) is 4.79 Å². The lowest BCUT2D eigenvalue weighted by Crippen LogP contribution is -2.43. The Balaban J connectivity index is 1.69. The zero-order valence-electron chi connectivity index (χ0n) is 13.3. The van der Waals surface area contributed by atoms with Gasteiger partial charge in [-0.25, -0.2) is 0 Å². The first kappa shape index (κ1) is 16.2. The summed E-state index contributed by atoms with van der Waals surface area (Å²) in [5.74, 6) is -0.00193. The van der Waals surface area contributed by atoms with Gasteiger partial charge in [-0.05, 0) is 30.0 Å². The fourth-order valence-corrected chi connectivity index (χ4v) is 3.75. The zero-order chi connectivity index (χ0) is 16.1. The van der Waals surface area contributed by atoms with Crippen molar-refractivity contribution in [3.8, 4) is 0 Å². The molecule has 5 heteroatoms. The van der Waals surface area contributed by atoms with Gasteiger partial charge in [-0.3, -0.25) is 9.69 Å². The van der Waals surface area contributed by atoms with Gasteiger partial charge in [-0.15, -0.1) is 11.3 Å². The Morgan fingerprint density at radius 2 is 2.04 bits per heavy atom. The van der Waals surface area contributed by atoms with Crippen molar-refractivity contribution in [1.29, 1.82) is 0 Å². The standard InChI is InChI=1S/C18H22N2O2S/c1-14-5-2-3-6-15(14)18(21)19-13-16(17-7-4-12-23-17)20-8-10-22-11-9-20/h2-7,12,16H,8-11,13H2,1H3,(H,19,21)/t16-/m0/s1. The summed E-state index contributed by atoms with van der Waals surface area (Å²) in [5, 5.41) is 5.20. The van der Waals surface area contributed by atoms with Gasteiger partial charge in [0, 0.05) is 30.1 Å². The highest BCUT2D eigenvalue weighted by Gasteiger charge is 2.24. The molecule has 0 unspecified atom stereocenters. The molecule has 0 saturated carbocycles. The van der Waals surface area contributed by atoms with Crippen LogP contribution in [0.2, 0.25) is 0 Å². The smallest absolute Gasteiger partial charge is 0.251 e. The van der Waals surface area contributed by atoms with Crippen molar-refractivity contribution >= 4 is 17.2 Å². The average Bonchev–Trinajstić information content (AvgIpc) is 3.10. The monoisotopic (exact) mass is 330 g/mol. The third-order valence-corrected chi connectivity index (χ3v) is 5.18. The average molecular weight is 330 g/mol. The topological polar surface area (TPSA) is 41.6 Å². The summed E-state index contributed by atoms with van der Waals surface area (Å²) >= 11 is 1.74. The number of benzene rings is 1. The van der Waals surface area contributed by atoms with E-state index >= 15 is 0 Å². The molecule has 1 aliphatic rings. The van der Waals surface area contributed by atoms with Gasteiger partial charge in [-0.2, -0.15) is 0 Å². The van der Waals surface area contributed by atoms with E-state index < -0.39 is 0 Å². The van der Waals surface area contributed by atoms with Gasteiger partial charge < -0.3 is 10.1 Å². The van der Waals surface area contributed by atoms with Crippen molar-refractivity contribution in [3.05, 3.63) is 57.8 Å². The van der Waals surface area contributed by atoms with Crippen LogP contribution >= 0.6 is 11.3 Å². The predicted molar refractivity (Wildman–Crippen MR) is 93.0 cm³/mol. The highest BCUT2D eigenvalue weighted by atomic mass is 32.1. The van der Waals surface area contributed by atoms with Crippen molar-refractivity contribution in [2.24, 2.45) is 0 Å². The molecule has 1 aromatic carbocycles. The van der Waals surface area contributed by atoms with Crippen LogP contribution in [-0.4, -0.2) is 43.7 Å². The van der Waals surface area contributed by atoms with Gasteiger partial charge >= 0.3 is 0 Å². The molecule has 0 aliphatic carbocycles. The summed E-state index contributed by atoms with van der Waals surface area (Å²) in [6.07, 6.45) is 0. The van der Waals surface area contributed by atoms with Crippen LogP contribution in [0, 0.1) is 6.92 Å². The number of rotatable bonds is 5. The fourth-order valence-electron chi connectivity index (χ4n) is 2.89. The van der Waals surface area contributed by atoms with E-state index in [1.807, 2.05) is 31.2 Å². The van der Waals surface area contributed by atoms with Gasteiger partial charge in [0.1, 0.15) is 0 Å². The summed E-state index contributed by atoms with van der Waals surface area (Å²) in [6, 6.07) is 12.1. The Morgan fingerprint density at radius 3 is 2.74 bits per heavy atom. The van der Waals surface area contributed by atoms with Crippen molar-refractivity contribution in [1.82, 2.24) is 10.2 Å². The summed E-state index contributed by atoms with van der Waals surface area (Å²) in [7, 11) is 0. The minimum Gasteiger partial charge on any atom is -0.379 e. The molecule has 1 fully saturated rings. The van der Waals surface area contributed by atoms with Crippen molar-refractivity contribution in [2.75, 3.05) is 32.8 Å². The highest BCUT2D eigenvalue weighted by molar-refractivity contribution is 7.10. The van der Waals surface area contributed by atoms with E-state index in [2.05, 4.69) is 27.7 Å². The molecule has 0 spiro atoms. The van der Waals surface area contributed by atoms with Gasteiger partial charge in [-0.1, -0.05) is 24.3 Å². The predicted octanol–water partition coefficient (Wildman–Crippen LogP) is 2.86. The van der Waals surface area contributed by atoms with Crippen molar-refractivity contribution in [3.63, 3.8) is 0 Å². The summed E-state index contributed by atoms with van der Waals surface area (Å²) in [6.45, 7) is 5.91. The van der Waals surface area contributed by atoms with Gasteiger partial charge in [0.2, 0.25) is 0 Å². The van der Waals surface area contributed by atoms with Crippen molar-refractivity contribution < 1.29 is 9.53 Å². The Hall–Kier alpha value is -1.69. The molecule has 1 amide bonds. The van der Waals surface area contributed by atoms with Crippen LogP contribution in [0.5, 0.6) is 0 Å². The Bertz CT molecular complexity index is 636. The number of amides is 1. The van der Waals surface area contributed by atoms with Crippen LogP contribution in [0.15, 0.2) is 41.8 Å². The number of thiophene rings is 1. The molecule has 1 atom stereocenters. The molecule has 1 aliphatic heterocycles. The molecule has 3 rings (SSSR count). The van der Waals surface area contributed by atoms with E-state index in [0.717, 1.165) is 37.4 Å². The van der Waals surface area contributed by atoms with Gasteiger partial charge in [0.05, 0.1) is 19.3 Å². The number of hydrogen-bond acceptors (Lipinski definition) is 4. The lowest BCUT2D eigenvalue weighted by atomic mass is 10.1. The molecule has 1 N–H and O–H groups in total. The van der Waals surface area contributed by atoms with E-state index in [1.54, 1.807) is 11.3 Å². The SMILES string of the molecule is Cc1ccccc1C(=O)NC[C@@H](c1cccs1)N1CCOCC1. The molecule has 1 saturated heterocycles. The maximum atomic E-state index is 12.5. The second-order valence-corrected chi connectivity index (χ2v) is 6.68. The van der Waals surface area contributed by atoms with Gasteiger partial charge in [0.25, 0.3) is 5.91 Å². The van der Waals surface area contributed by atoms with E-state index in [0.29, 0.717) is 6.54 Å². The van der Waals surface area contributed by atoms with E-state index in [1.165, 1.54) is 4.88 Å². The quantitative estimate of drug-likeness (QED) is 0.916. The fraction of sp³-hybridized carbons (Fsp3) is 0.389. The lowest BCUT2D eigenvalue weighted by Gasteiger charge is -2.34. The molecular weight excluding hydrogens is 308 g/mol. The molecule has 4 nitrogen and oxygen atoms in total. The van der Waals surface area contributed by atoms with Crippen LogP contribution in [-0.2, 0) is 4.74 Å². The second kappa shape index (κ2) is 7.73. The zero-order valence-corrected chi connectivity index (χ0v) is 14.1. The first-order chi connectivity index (χ1) is 11.3. The van der Waals surface area contributed by atoms with E-state index in [-0.39, 0.29) is 11.9 Å². The molecular formula is C18H22N2O2S. The summed E-state index contributed by atoms with van der Waals surface area (Å²) < 4.78 is 5.45. The maximum absolute atomic E-state index is 12.5. The first-order valence-electron chi connectivity index (χ1n) is 7.95. The molecule has 2 aromatic rings. The molecule has 0 radical (unpaired) electrons. The molecule has 2 heterocycles. The first-order valence-corrected chi connectivity index (χ1v) is 8.82. The number of carbonyl (C=O) groups is 1. The van der Waals surface area contributed by atoms with Crippen molar-refractivity contribution in [2.45, 2.75) is 13.0 Å². The number of ether oxygens (including phenoxy) is 1. The highest BCUT2D eigenvalue weighted by Crippen LogP contribution is 2.25. The maximum Gasteiger partial charge on any atom is 0.251 e. The van der Waals surface area contributed by atoms with E-state index in [4.69, 9.17) is 4.74 Å². The Labute approximate surface area is 141 Å². The number of nitrogens with one attached hydrogen (secondary N) is 1. The molecule has 0 bridgehead atoms. The minimum atomic E-state index is -0.00193. The molecule has 122 valence electrons. The molecule has 1 aromatic heterocycles. The Morgan fingerprint density at radius 1 is 1.26 bits per heavy atom. The van der Waals surface area contributed by atoms with Crippen LogP contribution in [0.1, 0.15) is 26.8 Å². The third kappa shape index (κ3) is 3.99. The number of nitrogens with zero attached hydrogens (tertiary/aromatic N) is 1. The van der Waals surface area contributed by atoms with Crippen LogP contribution < -0.4 is 5.32 Å². The number of morpholine rings is 1. The second-order valence-electron chi connectivity index (χ2n) is 5.70. The van der Waals surface area contributed by atoms with Crippen LogP contribution in [0.25, 0.3) is 0 Å². The number of hydrogen-bond donors (Lipinski definition) is 1. The summed E-state index contributed by atoms with van der Waals surface area (Å²) in [4.78, 5) is 16.2.